The molecular weight excluding hydrogens is 194 g/mol. The van der Waals surface area contributed by atoms with Gasteiger partial charge in [0.25, 0.3) is 0 Å². The molecule has 0 amide bonds. The number of benzene rings is 1. The number of aromatic amines is 1. The second kappa shape index (κ2) is 3.91. The molecule has 0 aliphatic carbocycles. The lowest BCUT2D eigenvalue weighted by Crippen LogP contribution is -2.37. The quantitative estimate of drug-likeness (QED) is 0.684. The number of nitrogens with zero attached hydrogens (tertiary/aromatic N) is 2. The molecule has 1 heterocycles. The summed E-state index contributed by atoms with van der Waals surface area (Å²) in [5.74, 6) is 0. The van der Waals surface area contributed by atoms with E-state index in [1.807, 2.05) is 35.4 Å². The van der Waals surface area contributed by atoms with Gasteiger partial charge in [0.2, 0.25) is 6.33 Å². The van der Waals surface area contributed by atoms with Gasteiger partial charge in [-0.1, -0.05) is 30.3 Å². The minimum atomic E-state index is -0.732. The molecule has 0 aliphatic heterocycles. The van der Waals surface area contributed by atoms with Crippen molar-refractivity contribution in [3.63, 3.8) is 0 Å². The maximum Gasteiger partial charge on any atom is 0.330 e. The molecule has 2 aromatic rings. The van der Waals surface area contributed by atoms with Gasteiger partial charge >= 0.3 is 11.1 Å². The normalized spacial score (nSPS) is 10.1. The van der Waals surface area contributed by atoms with Crippen LogP contribution in [0.4, 0.5) is 0 Å². The number of aromatic nitrogens is 3. The Balaban J connectivity index is 2.38. The highest BCUT2D eigenvalue weighted by Crippen LogP contribution is 1.98. The van der Waals surface area contributed by atoms with Crippen molar-refractivity contribution in [3.8, 4) is 0 Å². The average Bonchev–Trinajstić information content (AvgIpc) is 2.26. The summed E-state index contributed by atoms with van der Waals surface area (Å²) in [6, 6.07) is 9.33. The highest BCUT2D eigenvalue weighted by atomic mass is 16.2. The second-order valence-corrected chi connectivity index (χ2v) is 3.03. The van der Waals surface area contributed by atoms with Gasteiger partial charge in [0, 0.05) is 0 Å². The molecular formula is C10H8N3O2. The van der Waals surface area contributed by atoms with Crippen molar-refractivity contribution in [2.24, 2.45) is 0 Å². The zero-order valence-electron chi connectivity index (χ0n) is 7.80. The zero-order valence-corrected chi connectivity index (χ0v) is 7.80. The summed E-state index contributed by atoms with van der Waals surface area (Å²) in [6.07, 6.45) is 2.42. The van der Waals surface area contributed by atoms with Gasteiger partial charge < -0.3 is 0 Å². The third-order valence-corrected chi connectivity index (χ3v) is 1.95. The van der Waals surface area contributed by atoms with Crippen LogP contribution < -0.4 is 11.1 Å². The monoisotopic (exact) mass is 202 g/mol. The van der Waals surface area contributed by atoms with Crippen LogP contribution in [-0.2, 0) is 6.54 Å². The molecule has 1 aromatic heterocycles. The van der Waals surface area contributed by atoms with Crippen LogP contribution in [0.15, 0.2) is 39.9 Å². The van der Waals surface area contributed by atoms with Gasteiger partial charge in [-0.05, 0) is 5.56 Å². The predicted molar refractivity (Wildman–Crippen MR) is 53.5 cm³/mol. The largest absolute Gasteiger partial charge is 0.330 e. The molecule has 0 unspecified atom stereocenters. The maximum absolute atomic E-state index is 11.3. The minimum absolute atomic E-state index is 0.302. The Bertz CT molecular complexity index is 557. The average molecular weight is 202 g/mol. The first kappa shape index (κ1) is 9.39. The Morgan fingerprint density at radius 1 is 1.27 bits per heavy atom. The van der Waals surface area contributed by atoms with E-state index in [9.17, 15) is 9.59 Å². The summed E-state index contributed by atoms with van der Waals surface area (Å²) in [6.45, 7) is 0.302. The first-order valence-electron chi connectivity index (χ1n) is 4.38. The number of nitrogens with one attached hydrogen (secondary N) is 1. The van der Waals surface area contributed by atoms with E-state index >= 15 is 0 Å². The van der Waals surface area contributed by atoms with Crippen LogP contribution in [0.25, 0.3) is 0 Å². The number of hydrogen-bond acceptors (Lipinski definition) is 3. The highest BCUT2D eigenvalue weighted by Gasteiger charge is 2.01. The molecule has 75 valence electrons. The van der Waals surface area contributed by atoms with Crippen LogP contribution in [0.3, 0.4) is 0 Å². The van der Waals surface area contributed by atoms with Crippen LogP contribution in [0.5, 0.6) is 0 Å². The van der Waals surface area contributed by atoms with E-state index in [0.717, 1.165) is 10.1 Å². The highest BCUT2D eigenvalue weighted by molar-refractivity contribution is 5.14. The van der Waals surface area contributed by atoms with Crippen molar-refractivity contribution in [1.29, 1.82) is 0 Å². The minimum Gasteiger partial charge on any atom is -0.279 e. The molecule has 15 heavy (non-hydrogen) atoms. The summed E-state index contributed by atoms with van der Waals surface area (Å²) in [7, 11) is 0. The van der Waals surface area contributed by atoms with Gasteiger partial charge in [-0.25, -0.2) is 5.10 Å². The van der Waals surface area contributed by atoms with Gasteiger partial charge in [-0.3, -0.25) is 14.2 Å². The molecule has 0 atom stereocenters. The van der Waals surface area contributed by atoms with E-state index in [2.05, 4.69) is 11.4 Å². The van der Waals surface area contributed by atoms with Crippen molar-refractivity contribution < 1.29 is 0 Å². The van der Waals surface area contributed by atoms with Gasteiger partial charge in [0.05, 0.1) is 6.54 Å². The van der Waals surface area contributed by atoms with Crippen molar-refractivity contribution in [2.45, 2.75) is 6.54 Å². The Morgan fingerprint density at radius 2 is 2.00 bits per heavy atom. The number of hydrogen-bond donors (Lipinski definition) is 1. The molecule has 5 nitrogen and oxygen atoms in total. The summed E-state index contributed by atoms with van der Waals surface area (Å²) in [4.78, 5) is 22.3. The molecule has 1 aromatic carbocycles. The molecule has 5 heteroatoms. The molecule has 1 radical (unpaired) electrons. The van der Waals surface area contributed by atoms with Gasteiger partial charge in [-0.15, -0.1) is 0 Å². The Labute approximate surface area is 85.0 Å². The third-order valence-electron chi connectivity index (χ3n) is 1.95. The van der Waals surface area contributed by atoms with E-state index in [0.29, 0.717) is 6.54 Å². The zero-order chi connectivity index (χ0) is 10.7. The Morgan fingerprint density at radius 3 is 2.73 bits per heavy atom. The van der Waals surface area contributed by atoms with Gasteiger partial charge in [0.1, 0.15) is 0 Å². The summed E-state index contributed by atoms with van der Waals surface area (Å²) >= 11 is 0. The molecule has 1 N–H and O–H groups in total. The standard InChI is InChI=1S/C10H8N3O2/c14-9-10(15)13(7-11-12-9)6-8-4-2-1-3-5-8/h1-5H,6H2,(H,12,14). The molecule has 2 rings (SSSR count). The van der Waals surface area contributed by atoms with E-state index in [1.54, 1.807) is 0 Å². The predicted octanol–water partition coefficient (Wildman–Crippen LogP) is -0.220. The third kappa shape index (κ3) is 2.01. The van der Waals surface area contributed by atoms with Crippen LogP contribution >= 0.6 is 0 Å². The maximum atomic E-state index is 11.3. The van der Waals surface area contributed by atoms with Crippen LogP contribution in [0.1, 0.15) is 5.56 Å². The van der Waals surface area contributed by atoms with Crippen molar-refractivity contribution in [2.75, 3.05) is 0 Å². The molecule has 0 aliphatic rings. The van der Waals surface area contributed by atoms with Crippen LogP contribution in [0, 0.1) is 6.33 Å². The van der Waals surface area contributed by atoms with E-state index in [1.165, 1.54) is 0 Å². The SMILES string of the molecule is O=c1[nH]n[c]n(Cc2ccccc2)c1=O. The Hall–Kier alpha value is -2.17. The van der Waals surface area contributed by atoms with Crippen molar-refractivity contribution in [3.05, 3.63) is 62.9 Å². The Kier molecular flexibility index (Phi) is 2.45. The number of H-pyrrole nitrogens is 1. The summed E-state index contributed by atoms with van der Waals surface area (Å²) < 4.78 is 1.15. The molecule has 0 spiro atoms. The number of rotatable bonds is 2. The van der Waals surface area contributed by atoms with Gasteiger partial charge in [0.15, 0.2) is 0 Å². The lowest BCUT2D eigenvalue weighted by Gasteiger charge is -2.01. The topological polar surface area (TPSA) is 67.8 Å². The molecule has 0 saturated heterocycles. The molecule has 0 fully saturated rings. The van der Waals surface area contributed by atoms with Crippen molar-refractivity contribution >= 4 is 0 Å². The smallest absolute Gasteiger partial charge is 0.279 e. The van der Waals surface area contributed by atoms with E-state index in [-0.39, 0.29) is 0 Å². The van der Waals surface area contributed by atoms with Gasteiger partial charge in [-0.2, -0.15) is 5.10 Å². The van der Waals surface area contributed by atoms with Crippen molar-refractivity contribution in [1.82, 2.24) is 14.8 Å². The first-order valence-corrected chi connectivity index (χ1v) is 4.38. The van der Waals surface area contributed by atoms with E-state index in [4.69, 9.17) is 0 Å². The first-order chi connectivity index (χ1) is 7.27. The van der Waals surface area contributed by atoms with E-state index < -0.39 is 11.1 Å². The lowest BCUT2D eigenvalue weighted by atomic mass is 10.2. The summed E-state index contributed by atoms with van der Waals surface area (Å²) in [5.41, 5.74) is -0.457. The fraction of sp³-hybridized carbons (Fsp3) is 0.100. The lowest BCUT2D eigenvalue weighted by molar-refractivity contribution is 0.683. The molecule has 0 saturated carbocycles. The van der Waals surface area contributed by atoms with Crippen LogP contribution in [-0.4, -0.2) is 14.8 Å². The summed E-state index contributed by atoms with van der Waals surface area (Å²) in [5, 5.41) is 5.47. The second-order valence-electron chi connectivity index (χ2n) is 3.03. The fourth-order valence-electron chi connectivity index (χ4n) is 1.23. The fourth-order valence-corrected chi connectivity index (χ4v) is 1.23. The van der Waals surface area contributed by atoms with Crippen LogP contribution in [0.2, 0.25) is 0 Å². The molecule has 0 bridgehead atoms.